The molecule has 1 N–H and O–H groups in total. The Kier molecular flexibility index (Phi) is 2.70. The van der Waals surface area contributed by atoms with Crippen LogP contribution in [0, 0.1) is 5.92 Å². The topological polar surface area (TPSA) is 85.5 Å². The van der Waals surface area contributed by atoms with Gasteiger partial charge in [0.25, 0.3) is 0 Å². The molecule has 4 rings (SSSR count). The Labute approximate surface area is 120 Å². The number of fused-ring (bicyclic) bond motifs is 1. The number of hydrogen-bond donors (Lipinski definition) is 1. The minimum atomic E-state index is -0.795. The van der Waals surface area contributed by atoms with E-state index in [0.717, 1.165) is 17.7 Å². The van der Waals surface area contributed by atoms with Crippen molar-refractivity contribution in [1.82, 2.24) is 10.1 Å². The molecule has 0 bridgehead atoms. The number of rotatable bonds is 3. The van der Waals surface area contributed by atoms with Crippen LogP contribution in [0.15, 0.2) is 28.8 Å². The first kappa shape index (κ1) is 12.4. The van der Waals surface area contributed by atoms with Gasteiger partial charge in [0.15, 0.2) is 5.82 Å². The van der Waals surface area contributed by atoms with Crippen molar-refractivity contribution in [2.24, 2.45) is 5.92 Å². The number of nitrogens with zero attached hydrogens (tertiary/aromatic N) is 2. The van der Waals surface area contributed by atoms with Gasteiger partial charge in [0.1, 0.15) is 5.75 Å². The van der Waals surface area contributed by atoms with Crippen molar-refractivity contribution in [2.45, 2.75) is 24.7 Å². The first-order valence-electron chi connectivity index (χ1n) is 7.02. The zero-order chi connectivity index (χ0) is 14.4. The second kappa shape index (κ2) is 4.58. The maximum Gasteiger partial charge on any atom is 0.307 e. The highest BCUT2D eigenvalue weighted by Crippen LogP contribution is 2.47. The summed E-state index contributed by atoms with van der Waals surface area (Å²) >= 11 is 0. The largest absolute Gasteiger partial charge is 0.493 e. The van der Waals surface area contributed by atoms with Gasteiger partial charge in [0.2, 0.25) is 5.89 Å². The molecule has 2 aromatic rings. The van der Waals surface area contributed by atoms with Gasteiger partial charge in [-0.05, 0) is 18.9 Å². The van der Waals surface area contributed by atoms with Crippen LogP contribution in [0.1, 0.15) is 42.0 Å². The van der Waals surface area contributed by atoms with Crippen LogP contribution in [-0.2, 0) is 4.79 Å². The smallest absolute Gasteiger partial charge is 0.307 e. The zero-order valence-corrected chi connectivity index (χ0v) is 11.2. The van der Waals surface area contributed by atoms with E-state index in [-0.39, 0.29) is 17.8 Å². The predicted octanol–water partition coefficient (Wildman–Crippen LogP) is 2.17. The number of aromatic nitrogens is 2. The molecule has 2 heterocycles. The fourth-order valence-electron chi connectivity index (χ4n) is 2.89. The number of aliphatic carboxylic acids is 1. The first-order valence-corrected chi connectivity index (χ1v) is 7.02. The second-order valence-electron chi connectivity index (χ2n) is 5.51. The molecule has 0 amide bonds. The molecule has 2 aliphatic rings. The van der Waals surface area contributed by atoms with Gasteiger partial charge in [-0.1, -0.05) is 23.4 Å². The standard InChI is InChI=1S/C15H14N2O4/c18-15(19)11-7-10(11)14-16-13(17-21-14)9-5-6-20-12-4-2-1-3-8(9)12/h1-4,9-11H,5-7H2,(H,18,19). The van der Waals surface area contributed by atoms with E-state index >= 15 is 0 Å². The van der Waals surface area contributed by atoms with Crippen LogP contribution in [0.4, 0.5) is 0 Å². The summed E-state index contributed by atoms with van der Waals surface area (Å²) in [5.41, 5.74) is 1.06. The third-order valence-corrected chi connectivity index (χ3v) is 4.15. The van der Waals surface area contributed by atoms with Crippen molar-refractivity contribution in [3.8, 4) is 5.75 Å². The van der Waals surface area contributed by atoms with Gasteiger partial charge in [-0.3, -0.25) is 4.79 Å². The Balaban J connectivity index is 1.61. The molecule has 1 aliphatic heterocycles. The maximum atomic E-state index is 10.9. The normalized spacial score (nSPS) is 26.8. The summed E-state index contributed by atoms with van der Waals surface area (Å²) < 4.78 is 10.9. The number of carboxylic acids is 1. The van der Waals surface area contributed by atoms with E-state index in [1.165, 1.54) is 0 Å². The first-order chi connectivity index (χ1) is 10.2. The van der Waals surface area contributed by atoms with Crippen molar-refractivity contribution < 1.29 is 19.2 Å². The molecule has 1 aliphatic carbocycles. The number of para-hydroxylation sites is 1. The van der Waals surface area contributed by atoms with Gasteiger partial charge >= 0.3 is 5.97 Å². The number of ether oxygens (including phenoxy) is 1. The monoisotopic (exact) mass is 286 g/mol. The Hall–Kier alpha value is -2.37. The Morgan fingerprint density at radius 1 is 1.33 bits per heavy atom. The summed E-state index contributed by atoms with van der Waals surface area (Å²) in [6.07, 6.45) is 1.38. The Bertz CT molecular complexity index is 696. The lowest BCUT2D eigenvalue weighted by atomic mass is 9.92. The van der Waals surface area contributed by atoms with Crippen molar-refractivity contribution in [3.05, 3.63) is 41.5 Å². The van der Waals surface area contributed by atoms with E-state index in [4.69, 9.17) is 14.4 Å². The molecule has 1 fully saturated rings. The van der Waals surface area contributed by atoms with Crippen molar-refractivity contribution in [2.75, 3.05) is 6.61 Å². The molecule has 108 valence electrons. The summed E-state index contributed by atoms with van der Waals surface area (Å²) in [7, 11) is 0. The number of carbonyl (C=O) groups is 1. The minimum Gasteiger partial charge on any atom is -0.493 e. The Morgan fingerprint density at radius 3 is 3.00 bits per heavy atom. The molecule has 0 saturated heterocycles. The summed E-state index contributed by atoms with van der Waals surface area (Å²) in [4.78, 5) is 15.3. The molecule has 3 atom stereocenters. The highest BCUT2D eigenvalue weighted by Gasteiger charge is 2.48. The number of hydrogen-bond acceptors (Lipinski definition) is 5. The average Bonchev–Trinajstić information content (AvgIpc) is 3.17. The van der Waals surface area contributed by atoms with Crippen LogP contribution in [0.5, 0.6) is 5.75 Å². The third kappa shape index (κ3) is 2.07. The lowest BCUT2D eigenvalue weighted by Crippen LogP contribution is -2.16. The summed E-state index contributed by atoms with van der Waals surface area (Å²) in [6.45, 7) is 0.618. The second-order valence-corrected chi connectivity index (χ2v) is 5.51. The fourth-order valence-corrected chi connectivity index (χ4v) is 2.89. The van der Waals surface area contributed by atoms with E-state index in [1.54, 1.807) is 0 Å². The van der Waals surface area contributed by atoms with E-state index in [0.29, 0.717) is 24.7 Å². The molecule has 1 saturated carbocycles. The van der Waals surface area contributed by atoms with Crippen LogP contribution in [0.3, 0.4) is 0 Å². The molecule has 21 heavy (non-hydrogen) atoms. The number of benzene rings is 1. The van der Waals surface area contributed by atoms with Crippen LogP contribution in [-0.4, -0.2) is 27.8 Å². The van der Waals surface area contributed by atoms with E-state index < -0.39 is 5.97 Å². The summed E-state index contributed by atoms with van der Waals surface area (Å²) in [5, 5.41) is 13.0. The zero-order valence-electron chi connectivity index (χ0n) is 11.2. The molecule has 6 heteroatoms. The Morgan fingerprint density at radius 2 is 2.19 bits per heavy atom. The van der Waals surface area contributed by atoms with Gasteiger partial charge in [-0.15, -0.1) is 0 Å². The lowest BCUT2D eigenvalue weighted by Gasteiger charge is -2.23. The third-order valence-electron chi connectivity index (χ3n) is 4.15. The highest BCUT2D eigenvalue weighted by molar-refractivity contribution is 5.74. The molecule has 0 spiro atoms. The van der Waals surface area contributed by atoms with Gasteiger partial charge in [-0.25, -0.2) is 0 Å². The maximum absolute atomic E-state index is 10.9. The van der Waals surface area contributed by atoms with Crippen molar-refractivity contribution in [1.29, 1.82) is 0 Å². The van der Waals surface area contributed by atoms with Crippen molar-refractivity contribution >= 4 is 5.97 Å². The molecule has 0 radical (unpaired) electrons. The summed E-state index contributed by atoms with van der Waals surface area (Å²) in [6, 6.07) is 7.84. The van der Waals surface area contributed by atoms with Gasteiger partial charge in [-0.2, -0.15) is 4.98 Å². The number of carboxylic acid groups (broad SMARTS) is 1. The average molecular weight is 286 g/mol. The fraction of sp³-hybridized carbons (Fsp3) is 0.400. The lowest BCUT2D eigenvalue weighted by molar-refractivity contribution is -0.138. The van der Waals surface area contributed by atoms with E-state index in [1.807, 2.05) is 24.3 Å². The van der Waals surface area contributed by atoms with Crippen molar-refractivity contribution in [3.63, 3.8) is 0 Å². The van der Waals surface area contributed by atoms with Crippen LogP contribution >= 0.6 is 0 Å². The molecule has 1 aromatic carbocycles. The molecular formula is C15H14N2O4. The van der Waals surface area contributed by atoms with Crippen LogP contribution in [0.2, 0.25) is 0 Å². The molecule has 6 nitrogen and oxygen atoms in total. The minimum absolute atomic E-state index is 0.0504. The van der Waals surface area contributed by atoms with E-state index in [9.17, 15) is 4.79 Å². The highest BCUT2D eigenvalue weighted by atomic mass is 16.5. The molecule has 1 aromatic heterocycles. The van der Waals surface area contributed by atoms with Crippen LogP contribution < -0.4 is 4.74 Å². The SMILES string of the molecule is O=C(O)C1CC1c1nc(C2CCOc3ccccc32)no1. The predicted molar refractivity (Wildman–Crippen MR) is 71.2 cm³/mol. The van der Waals surface area contributed by atoms with Gasteiger partial charge in [0, 0.05) is 5.56 Å². The van der Waals surface area contributed by atoms with E-state index in [2.05, 4.69) is 10.1 Å². The van der Waals surface area contributed by atoms with Gasteiger partial charge in [0.05, 0.1) is 24.4 Å². The molecule has 3 unspecified atom stereocenters. The summed E-state index contributed by atoms with van der Waals surface area (Å²) in [5.74, 6) is 0.679. The van der Waals surface area contributed by atoms with Crippen LogP contribution in [0.25, 0.3) is 0 Å². The quantitative estimate of drug-likeness (QED) is 0.930. The molecular weight excluding hydrogens is 272 g/mol. The van der Waals surface area contributed by atoms with Gasteiger partial charge < -0.3 is 14.4 Å².